The number of carbonyl (C=O) groups excluding carboxylic acids is 2. The third-order valence-corrected chi connectivity index (χ3v) is 5.13. The number of nitrogens with zero attached hydrogens (tertiary/aromatic N) is 2. The van der Waals surface area contributed by atoms with Gasteiger partial charge in [-0.05, 0) is 29.8 Å². The minimum Gasteiger partial charge on any atom is -0.349 e. The zero-order chi connectivity index (χ0) is 21.9. The van der Waals surface area contributed by atoms with Crippen LogP contribution in [0.1, 0.15) is 21.6 Å². The van der Waals surface area contributed by atoms with E-state index in [4.69, 9.17) is 0 Å². The lowest BCUT2D eigenvalue weighted by Gasteiger charge is -2.10. The Morgan fingerprint density at radius 2 is 1.80 bits per heavy atom. The van der Waals surface area contributed by atoms with Crippen LogP contribution in [0.2, 0.25) is 0 Å². The number of amides is 2. The SMILES string of the molecule is CN(C)C(=O)Cc1ccc(NC(=O)c2csc(-c3cccc(C(F)(F)F)c3)n2)cc1. The molecular weight excluding hydrogens is 415 g/mol. The molecule has 0 bridgehead atoms. The smallest absolute Gasteiger partial charge is 0.349 e. The minimum absolute atomic E-state index is 0.0311. The van der Waals surface area contributed by atoms with E-state index in [1.165, 1.54) is 22.4 Å². The first-order valence-electron chi connectivity index (χ1n) is 8.87. The van der Waals surface area contributed by atoms with Gasteiger partial charge in [-0.15, -0.1) is 11.3 Å². The van der Waals surface area contributed by atoms with Crippen molar-refractivity contribution in [2.24, 2.45) is 0 Å². The molecule has 3 aromatic rings. The van der Waals surface area contributed by atoms with Crippen LogP contribution in [-0.2, 0) is 17.4 Å². The van der Waals surface area contributed by atoms with Crippen molar-refractivity contribution >= 4 is 28.8 Å². The van der Waals surface area contributed by atoms with Gasteiger partial charge in [-0.2, -0.15) is 13.2 Å². The number of halogens is 3. The lowest BCUT2D eigenvalue weighted by Crippen LogP contribution is -2.23. The van der Waals surface area contributed by atoms with Crippen LogP contribution in [0.5, 0.6) is 0 Å². The Morgan fingerprint density at radius 3 is 2.43 bits per heavy atom. The molecule has 0 aliphatic rings. The molecule has 2 amide bonds. The second kappa shape index (κ2) is 8.66. The number of carbonyl (C=O) groups is 2. The predicted molar refractivity (Wildman–Crippen MR) is 109 cm³/mol. The van der Waals surface area contributed by atoms with Gasteiger partial charge in [0.1, 0.15) is 10.7 Å². The molecule has 0 saturated carbocycles. The van der Waals surface area contributed by atoms with Crippen LogP contribution >= 0.6 is 11.3 Å². The maximum atomic E-state index is 12.9. The van der Waals surface area contributed by atoms with Gasteiger partial charge < -0.3 is 10.2 Å². The summed E-state index contributed by atoms with van der Waals surface area (Å²) in [6.45, 7) is 0. The predicted octanol–water partition coefficient (Wildman–Crippen LogP) is 4.71. The third-order valence-electron chi connectivity index (χ3n) is 4.24. The van der Waals surface area contributed by atoms with E-state index in [0.717, 1.165) is 29.0 Å². The number of aromatic nitrogens is 1. The van der Waals surface area contributed by atoms with E-state index < -0.39 is 17.6 Å². The zero-order valence-corrected chi connectivity index (χ0v) is 17.0. The first-order chi connectivity index (χ1) is 14.1. The molecule has 0 aliphatic carbocycles. The highest BCUT2D eigenvalue weighted by Gasteiger charge is 2.30. The van der Waals surface area contributed by atoms with Crippen molar-refractivity contribution in [2.45, 2.75) is 12.6 Å². The van der Waals surface area contributed by atoms with Gasteiger partial charge in [0.25, 0.3) is 5.91 Å². The van der Waals surface area contributed by atoms with Crippen LogP contribution in [-0.4, -0.2) is 35.8 Å². The average Bonchev–Trinajstić information content (AvgIpc) is 3.19. The van der Waals surface area contributed by atoms with Crippen molar-refractivity contribution in [3.05, 3.63) is 70.7 Å². The minimum atomic E-state index is -4.45. The monoisotopic (exact) mass is 433 g/mol. The van der Waals surface area contributed by atoms with Gasteiger partial charge in [0.2, 0.25) is 5.91 Å². The van der Waals surface area contributed by atoms with Crippen molar-refractivity contribution in [1.82, 2.24) is 9.88 Å². The van der Waals surface area contributed by atoms with Gasteiger partial charge in [0.15, 0.2) is 0 Å². The number of rotatable bonds is 5. The van der Waals surface area contributed by atoms with Gasteiger partial charge in [-0.3, -0.25) is 9.59 Å². The van der Waals surface area contributed by atoms with E-state index in [2.05, 4.69) is 10.3 Å². The molecule has 156 valence electrons. The second-order valence-corrected chi connectivity index (χ2v) is 7.59. The van der Waals surface area contributed by atoms with Gasteiger partial charge in [0, 0.05) is 30.7 Å². The summed E-state index contributed by atoms with van der Waals surface area (Å²) in [5.74, 6) is -0.502. The van der Waals surface area contributed by atoms with Crippen molar-refractivity contribution < 1.29 is 22.8 Å². The number of hydrogen-bond acceptors (Lipinski definition) is 4. The molecule has 9 heteroatoms. The summed E-state index contributed by atoms with van der Waals surface area (Å²) >= 11 is 1.09. The van der Waals surface area contributed by atoms with E-state index in [1.807, 2.05) is 0 Å². The van der Waals surface area contributed by atoms with Crippen molar-refractivity contribution in [1.29, 1.82) is 0 Å². The fourth-order valence-electron chi connectivity index (χ4n) is 2.57. The molecule has 1 N–H and O–H groups in total. The van der Waals surface area contributed by atoms with Crippen LogP contribution < -0.4 is 5.32 Å². The van der Waals surface area contributed by atoms with Crippen LogP contribution in [0.15, 0.2) is 53.9 Å². The molecule has 0 radical (unpaired) electrons. The van der Waals surface area contributed by atoms with E-state index in [1.54, 1.807) is 38.4 Å². The van der Waals surface area contributed by atoms with Crippen LogP contribution in [0, 0.1) is 0 Å². The largest absolute Gasteiger partial charge is 0.416 e. The number of alkyl halides is 3. The summed E-state index contributed by atoms with van der Waals surface area (Å²) in [6.07, 6.45) is -4.19. The number of benzene rings is 2. The fourth-order valence-corrected chi connectivity index (χ4v) is 3.37. The Kier molecular flexibility index (Phi) is 6.21. The molecule has 5 nitrogen and oxygen atoms in total. The van der Waals surface area contributed by atoms with Gasteiger partial charge in [0.05, 0.1) is 12.0 Å². The molecule has 3 rings (SSSR count). The maximum Gasteiger partial charge on any atom is 0.416 e. The topological polar surface area (TPSA) is 62.3 Å². The van der Waals surface area contributed by atoms with E-state index in [-0.39, 0.29) is 18.0 Å². The molecule has 0 spiro atoms. The lowest BCUT2D eigenvalue weighted by molar-refractivity contribution is -0.137. The summed E-state index contributed by atoms with van der Waals surface area (Å²) in [4.78, 5) is 29.8. The van der Waals surface area contributed by atoms with Crippen molar-refractivity contribution in [3.63, 3.8) is 0 Å². The van der Waals surface area contributed by atoms with Gasteiger partial charge in [-0.25, -0.2) is 4.98 Å². The number of likely N-dealkylation sites (N-methyl/N-ethyl adjacent to an activating group) is 1. The second-order valence-electron chi connectivity index (χ2n) is 6.73. The molecule has 2 aromatic carbocycles. The van der Waals surface area contributed by atoms with Crippen LogP contribution in [0.25, 0.3) is 10.6 Å². The molecule has 30 heavy (non-hydrogen) atoms. The Bertz CT molecular complexity index is 1060. The van der Waals surface area contributed by atoms with E-state index in [9.17, 15) is 22.8 Å². The molecule has 0 saturated heterocycles. The Hall–Kier alpha value is -3.20. The molecule has 0 fully saturated rings. The van der Waals surface area contributed by atoms with Crippen molar-refractivity contribution in [3.8, 4) is 10.6 Å². The van der Waals surface area contributed by atoms with E-state index >= 15 is 0 Å². The summed E-state index contributed by atoms with van der Waals surface area (Å²) in [7, 11) is 3.36. The summed E-state index contributed by atoms with van der Waals surface area (Å²) in [5.41, 5.74) is 0.971. The molecule has 0 atom stereocenters. The van der Waals surface area contributed by atoms with Crippen LogP contribution in [0.3, 0.4) is 0 Å². The number of anilines is 1. The van der Waals surface area contributed by atoms with Crippen molar-refractivity contribution in [2.75, 3.05) is 19.4 Å². The highest BCUT2D eigenvalue weighted by molar-refractivity contribution is 7.13. The highest BCUT2D eigenvalue weighted by Crippen LogP contribution is 2.33. The third kappa shape index (κ3) is 5.24. The molecule has 1 aromatic heterocycles. The Balaban J connectivity index is 1.69. The normalized spacial score (nSPS) is 11.2. The van der Waals surface area contributed by atoms with E-state index in [0.29, 0.717) is 16.3 Å². The molecule has 0 aliphatic heterocycles. The molecular formula is C21H18F3N3O2S. The molecule has 0 unspecified atom stereocenters. The summed E-state index contributed by atoms with van der Waals surface area (Å²) in [6, 6.07) is 11.7. The lowest BCUT2D eigenvalue weighted by atomic mass is 10.1. The zero-order valence-electron chi connectivity index (χ0n) is 16.2. The first kappa shape index (κ1) is 21.5. The highest BCUT2D eigenvalue weighted by atomic mass is 32.1. The quantitative estimate of drug-likeness (QED) is 0.634. The Morgan fingerprint density at radius 1 is 1.10 bits per heavy atom. The summed E-state index contributed by atoms with van der Waals surface area (Å²) < 4.78 is 38.7. The number of hydrogen-bond donors (Lipinski definition) is 1. The van der Waals surface area contributed by atoms with Gasteiger partial charge >= 0.3 is 6.18 Å². The van der Waals surface area contributed by atoms with Gasteiger partial charge in [-0.1, -0.05) is 24.3 Å². The average molecular weight is 433 g/mol. The fraction of sp³-hybridized carbons (Fsp3) is 0.190. The summed E-state index contributed by atoms with van der Waals surface area (Å²) in [5, 5.41) is 4.51. The number of thiazole rings is 1. The first-order valence-corrected chi connectivity index (χ1v) is 9.75. The van der Waals surface area contributed by atoms with Crippen LogP contribution in [0.4, 0.5) is 18.9 Å². The molecule has 1 heterocycles. The number of nitrogens with one attached hydrogen (secondary N) is 1. The maximum absolute atomic E-state index is 12.9. The Labute approximate surface area is 175 Å². The standard InChI is InChI=1S/C21H18F3N3O2S/c1-27(2)18(28)10-13-6-8-16(9-7-13)25-19(29)17-12-30-20(26-17)14-4-3-5-15(11-14)21(22,23)24/h3-9,11-12H,10H2,1-2H3,(H,25,29).